The Morgan fingerprint density at radius 2 is 2.05 bits per heavy atom. The van der Waals surface area contributed by atoms with E-state index in [0.29, 0.717) is 13.2 Å². The zero-order valence-corrected chi connectivity index (χ0v) is 11.6. The van der Waals surface area contributed by atoms with Crippen LogP contribution in [0.5, 0.6) is 0 Å². The molecule has 19 heavy (non-hydrogen) atoms. The van der Waals surface area contributed by atoms with Gasteiger partial charge in [-0.15, -0.1) is 0 Å². The van der Waals surface area contributed by atoms with Gasteiger partial charge in [0.1, 0.15) is 0 Å². The number of rotatable bonds is 3. The van der Waals surface area contributed by atoms with Crippen molar-refractivity contribution < 1.29 is 9.53 Å². The fourth-order valence-electron chi connectivity index (χ4n) is 2.86. The van der Waals surface area contributed by atoms with Crippen LogP contribution in [0.1, 0.15) is 31.2 Å². The molecule has 1 atom stereocenters. The van der Waals surface area contributed by atoms with Gasteiger partial charge in [0.15, 0.2) is 0 Å². The highest BCUT2D eigenvalue weighted by molar-refractivity contribution is 6.30. The number of hydrogen-bond donors (Lipinski definition) is 1. The van der Waals surface area contributed by atoms with E-state index in [4.69, 9.17) is 16.3 Å². The summed E-state index contributed by atoms with van der Waals surface area (Å²) in [6.07, 6.45) is 4.01. The van der Waals surface area contributed by atoms with E-state index >= 15 is 0 Å². The summed E-state index contributed by atoms with van der Waals surface area (Å²) in [5, 5.41) is 3.98. The molecule has 0 aromatic heterocycles. The summed E-state index contributed by atoms with van der Waals surface area (Å²) in [6.45, 7) is 1.26. The van der Waals surface area contributed by atoms with Gasteiger partial charge in [0.25, 0.3) is 0 Å². The van der Waals surface area contributed by atoms with Gasteiger partial charge in [-0.2, -0.15) is 0 Å². The molecule has 1 amide bonds. The maximum Gasteiger partial charge on any atom is 0.226 e. The van der Waals surface area contributed by atoms with Gasteiger partial charge in [-0.1, -0.05) is 23.7 Å². The molecule has 4 heteroatoms. The van der Waals surface area contributed by atoms with Crippen molar-refractivity contribution in [3.8, 4) is 0 Å². The van der Waals surface area contributed by atoms with Crippen LogP contribution in [-0.2, 0) is 15.1 Å². The van der Waals surface area contributed by atoms with Crippen LogP contribution < -0.4 is 5.32 Å². The number of carbonyl (C=O) groups excluding carboxylic acids is 1. The topological polar surface area (TPSA) is 38.3 Å². The molecule has 1 unspecified atom stereocenters. The first-order chi connectivity index (χ1) is 9.20. The van der Waals surface area contributed by atoms with Gasteiger partial charge in [0, 0.05) is 11.6 Å². The van der Waals surface area contributed by atoms with Crippen LogP contribution in [0.3, 0.4) is 0 Å². The van der Waals surface area contributed by atoms with Gasteiger partial charge in [-0.25, -0.2) is 0 Å². The Labute approximate surface area is 118 Å². The summed E-state index contributed by atoms with van der Waals surface area (Å²) in [6, 6.07) is 7.82. The first kappa shape index (κ1) is 12.9. The minimum absolute atomic E-state index is 0.0183. The Morgan fingerprint density at radius 1 is 1.32 bits per heavy atom. The molecular weight excluding hydrogens is 262 g/mol. The minimum atomic E-state index is -0.176. The molecular formula is C15H18ClNO2. The third-order valence-corrected chi connectivity index (χ3v) is 4.52. The van der Waals surface area contributed by atoms with Gasteiger partial charge >= 0.3 is 0 Å². The van der Waals surface area contributed by atoms with Gasteiger partial charge in [0.2, 0.25) is 5.91 Å². The molecule has 0 radical (unpaired) electrons. The Hall–Kier alpha value is -1.06. The smallest absolute Gasteiger partial charge is 0.226 e. The van der Waals surface area contributed by atoms with Crippen LogP contribution >= 0.6 is 11.6 Å². The molecule has 2 fully saturated rings. The third-order valence-electron chi connectivity index (χ3n) is 4.27. The Bertz CT molecular complexity index is 462. The normalized spacial score (nSPS) is 24.8. The second-order valence-electron chi connectivity index (χ2n) is 5.49. The molecule has 1 heterocycles. The highest BCUT2D eigenvalue weighted by Gasteiger charge is 2.41. The zero-order chi connectivity index (χ0) is 13.3. The average Bonchev–Trinajstić information content (AvgIpc) is 2.89. The number of ether oxygens (including phenoxy) is 1. The van der Waals surface area contributed by atoms with E-state index < -0.39 is 0 Å². The number of nitrogens with one attached hydrogen (secondary N) is 1. The highest BCUT2D eigenvalue weighted by atomic mass is 35.5. The van der Waals surface area contributed by atoms with Crippen molar-refractivity contribution in [2.75, 3.05) is 13.2 Å². The van der Waals surface area contributed by atoms with Crippen LogP contribution in [0, 0.1) is 5.92 Å². The first-order valence-corrected chi connectivity index (χ1v) is 7.23. The molecule has 3 nitrogen and oxygen atoms in total. The van der Waals surface area contributed by atoms with Gasteiger partial charge in [-0.05, 0) is 43.4 Å². The van der Waals surface area contributed by atoms with Crippen molar-refractivity contribution >= 4 is 17.5 Å². The van der Waals surface area contributed by atoms with Crippen LogP contribution in [0.15, 0.2) is 24.3 Å². The fourth-order valence-corrected chi connectivity index (χ4v) is 2.99. The Kier molecular flexibility index (Phi) is 3.50. The Morgan fingerprint density at radius 3 is 2.58 bits per heavy atom. The molecule has 3 rings (SSSR count). The van der Waals surface area contributed by atoms with E-state index in [1.54, 1.807) is 0 Å². The SMILES string of the molecule is O=C(NC1(c2ccc(Cl)cc2)CCC1)C1CCOC1. The third kappa shape index (κ3) is 2.49. The van der Waals surface area contributed by atoms with E-state index in [0.717, 1.165) is 36.3 Å². The predicted octanol–water partition coefficient (Wildman–Crippen LogP) is 2.87. The van der Waals surface area contributed by atoms with E-state index in [2.05, 4.69) is 5.32 Å². The van der Waals surface area contributed by atoms with Crippen molar-refractivity contribution in [1.29, 1.82) is 0 Å². The maximum atomic E-state index is 12.3. The lowest BCUT2D eigenvalue weighted by atomic mass is 9.71. The number of halogens is 1. The molecule has 1 saturated heterocycles. The summed E-state index contributed by atoms with van der Waals surface area (Å²) < 4.78 is 5.29. The first-order valence-electron chi connectivity index (χ1n) is 6.85. The number of benzene rings is 1. The van der Waals surface area contributed by atoms with Crippen molar-refractivity contribution in [3.63, 3.8) is 0 Å². The van der Waals surface area contributed by atoms with E-state index in [-0.39, 0.29) is 17.4 Å². The summed E-state index contributed by atoms with van der Waals surface area (Å²) in [7, 11) is 0. The molecule has 0 spiro atoms. The molecule has 1 aliphatic heterocycles. The summed E-state index contributed by atoms with van der Waals surface area (Å²) in [4.78, 5) is 12.3. The Balaban J connectivity index is 1.75. The quantitative estimate of drug-likeness (QED) is 0.924. The second-order valence-corrected chi connectivity index (χ2v) is 5.93. The standard InChI is InChI=1S/C15H18ClNO2/c16-13-4-2-12(3-5-13)15(7-1-8-15)17-14(18)11-6-9-19-10-11/h2-5,11H,1,6-10H2,(H,17,18). The van der Waals surface area contributed by atoms with Crippen LogP contribution in [0.2, 0.25) is 5.02 Å². The van der Waals surface area contributed by atoms with Gasteiger partial charge in [-0.3, -0.25) is 4.79 Å². The molecule has 1 saturated carbocycles. The van der Waals surface area contributed by atoms with Gasteiger partial charge in [0.05, 0.1) is 18.1 Å². The van der Waals surface area contributed by atoms with Crippen molar-refractivity contribution in [2.24, 2.45) is 5.92 Å². The van der Waals surface area contributed by atoms with E-state index in [1.807, 2.05) is 24.3 Å². The van der Waals surface area contributed by atoms with Crippen molar-refractivity contribution in [1.82, 2.24) is 5.32 Å². The minimum Gasteiger partial charge on any atom is -0.381 e. The molecule has 2 aliphatic rings. The van der Waals surface area contributed by atoms with Crippen molar-refractivity contribution in [2.45, 2.75) is 31.2 Å². The molecule has 1 N–H and O–H groups in total. The largest absolute Gasteiger partial charge is 0.381 e. The molecule has 1 aliphatic carbocycles. The van der Waals surface area contributed by atoms with Crippen LogP contribution in [-0.4, -0.2) is 19.1 Å². The molecule has 1 aromatic carbocycles. The fraction of sp³-hybridized carbons (Fsp3) is 0.533. The van der Waals surface area contributed by atoms with Crippen LogP contribution in [0.4, 0.5) is 0 Å². The number of carbonyl (C=O) groups is 1. The molecule has 0 bridgehead atoms. The summed E-state index contributed by atoms with van der Waals surface area (Å²) >= 11 is 5.93. The van der Waals surface area contributed by atoms with Crippen molar-refractivity contribution in [3.05, 3.63) is 34.9 Å². The second kappa shape index (κ2) is 5.14. The number of amides is 1. The summed E-state index contributed by atoms with van der Waals surface area (Å²) in [5.74, 6) is 0.150. The van der Waals surface area contributed by atoms with Crippen LogP contribution in [0.25, 0.3) is 0 Å². The zero-order valence-electron chi connectivity index (χ0n) is 10.8. The molecule has 1 aromatic rings. The van der Waals surface area contributed by atoms with E-state index in [9.17, 15) is 4.79 Å². The van der Waals surface area contributed by atoms with E-state index in [1.165, 1.54) is 0 Å². The lowest BCUT2D eigenvalue weighted by Crippen LogP contribution is -2.52. The number of hydrogen-bond acceptors (Lipinski definition) is 2. The highest BCUT2D eigenvalue weighted by Crippen LogP contribution is 2.41. The lowest BCUT2D eigenvalue weighted by Gasteiger charge is -2.43. The predicted molar refractivity (Wildman–Crippen MR) is 74.0 cm³/mol. The summed E-state index contributed by atoms with van der Waals surface area (Å²) in [5.41, 5.74) is 0.986. The monoisotopic (exact) mass is 279 g/mol. The van der Waals surface area contributed by atoms with Gasteiger partial charge < -0.3 is 10.1 Å². The molecule has 102 valence electrons. The average molecular weight is 280 g/mol. The maximum absolute atomic E-state index is 12.3. The lowest BCUT2D eigenvalue weighted by molar-refractivity contribution is -0.128.